The van der Waals surface area contributed by atoms with Gasteiger partial charge in [0.1, 0.15) is 5.75 Å². The number of benzene rings is 2. The van der Waals surface area contributed by atoms with Crippen LogP contribution in [0.25, 0.3) is 0 Å². The molecule has 0 aromatic heterocycles. The summed E-state index contributed by atoms with van der Waals surface area (Å²) in [6.07, 6.45) is -0.0686. The molecule has 0 aliphatic rings. The molecule has 0 aliphatic heterocycles. The van der Waals surface area contributed by atoms with Gasteiger partial charge >= 0.3 is 5.97 Å². The number of carbonyl (C=O) groups is 2. The lowest BCUT2D eigenvalue weighted by Gasteiger charge is -2.19. The minimum atomic E-state index is -0.651. The van der Waals surface area contributed by atoms with Gasteiger partial charge in [-0.3, -0.25) is 19.7 Å². The van der Waals surface area contributed by atoms with E-state index in [9.17, 15) is 19.7 Å². The molecule has 0 fully saturated rings. The molecule has 8 nitrogen and oxygen atoms in total. The highest BCUT2D eigenvalue weighted by atomic mass is 16.6. The molecule has 8 heteroatoms. The Morgan fingerprint density at radius 3 is 2.48 bits per heavy atom. The van der Waals surface area contributed by atoms with Gasteiger partial charge in [0.25, 0.3) is 11.6 Å². The number of carbonyl (C=O) groups excluding carboxylic acids is 2. The summed E-state index contributed by atoms with van der Waals surface area (Å²) < 4.78 is 10.1. The van der Waals surface area contributed by atoms with Crippen molar-refractivity contribution in [2.75, 3.05) is 13.7 Å². The maximum atomic E-state index is 12.6. The highest BCUT2D eigenvalue weighted by Crippen LogP contribution is 2.22. The van der Waals surface area contributed by atoms with Crippen molar-refractivity contribution in [3.63, 3.8) is 0 Å². The van der Waals surface area contributed by atoms with E-state index < -0.39 is 22.8 Å². The molecule has 142 valence electrons. The van der Waals surface area contributed by atoms with Gasteiger partial charge in [-0.25, -0.2) is 0 Å². The average Bonchev–Trinajstić information content (AvgIpc) is 2.67. The van der Waals surface area contributed by atoms with Crippen LogP contribution in [0.5, 0.6) is 5.75 Å². The predicted molar refractivity (Wildman–Crippen MR) is 97.5 cm³/mol. The number of hydrogen-bond acceptors (Lipinski definition) is 6. The summed E-state index contributed by atoms with van der Waals surface area (Å²) in [6.45, 7) is 1.93. The lowest BCUT2D eigenvalue weighted by molar-refractivity contribution is -0.384. The third-order valence-electron chi connectivity index (χ3n) is 3.82. The molecule has 2 aromatic carbocycles. The minimum absolute atomic E-state index is 0.0686. The van der Waals surface area contributed by atoms with E-state index in [0.717, 1.165) is 0 Å². The van der Waals surface area contributed by atoms with Crippen LogP contribution in [0.3, 0.4) is 0 Å². The third kappa shape index (κ3) is 5.53. The van der Waals surface area contributed by atoms with Crippen LogP contribution in [-0.2, 0) is 9.53 Å². The summed E-state index contributed by atoms with van der Waals surface area (Å²) in [5, 5.41) is 13.6. The molecule has 2 aromatic rings. The van der Waals surface area contributed by atoms with Crippen LogP contribution in [-0.4, -0.2) is 30.5 Å². The zero-order valence-corrected chi connectivity index (χ0v) is 15.0. The SMILES string of the molecule is CCOC(=O)C[C@@H](NC(=O)c1cccc([N+](=O)[O-])c1)c1ccc(OC)cc1. The van der Waals surface area contributed by atoms with Gasteiger partial charge in [0.15, 0.2) is 0 Å². The summed E-state index contributed by atoms with van der Waals surface area (Å²) >= 11 is 0. The molecule has 0 saturated heterocycles. The fourth-order valence-corrected chi connectivity index (χ4v) is 2.48. The number of nitro groups is 1. The number of non-ortho nitro benzene ring substituents is 1. The topological polar surface area (TPSA) is 108 Å². The van der Waals surface area contributed by atoms with Gasteiger partial charge in [0, 0.05) is 17.7 Å². The molecule has 0 aliphatic carbocycles. The number of methoxy groups -OCH3 is 1. The number of nitrogens with zero attached hydrogens (tertiary/aromatic N) is 1. The Morgan fingerprint density at radius 1 is 1.19 bits per heavy atom. The standard InChI is InChI=1S/C19H20N2O6/c1-3-27-18(22)12-17(13-7-9-16(26-2)10-8-13)20-19(23)14-5-4-6-15(11-14)21(24)25/h4-11,17H,3,12H2,1-2H3,(H,20,23)/t17-/m1/s1. The van der Waals surface area contributed by atoms with Gasteiger partial charge in [0.2, 0.25) is 0 Å². The molecule has 0 bridgehead atoms. The monoisotopic (exact) mass is 372 g/mol. The van der Waals surface area contributed by atoms with Crippen molar-refractivity contribution in [3.8, 4) is 5.75 Å². The first-order chi connectivity index (χ1) is 12.9. The first-order valence-corrected chi connectivity index (χ1v) is 8.29. The lowest BCUT2D eigenvalue weighted by Crippen LogP contribution is -2.30. The van der Waals surface area contributed by atoms with Crippen molar-refractivity contribution >= 4 is 17.6 Å². The van der Waals surface area contributed by atoms with Crippen LogP contribution in [0, 0.1) is 10.1 Å². The average molecular weight is 372 g/mol. The number of nitro benzene ring substituents is 1. The Labute approximate surface area is 156 Å². The summed E-state index contributed by atoms with van der Waals surface area (Å²) in [5.74, 6) is -0.347. The van der Waals surface area contributed by atoms with Crippen molar-refractivity contribution in [3.05, 3.63) is 69.8 Å². The number of hydrogen-bond donors (Lipinski definition) is 1. The maximum absolute atomic E-state index is 12.6. The lowest BCUT2D eigenvalue weighted by atomic mass is 10.0. The van der Waals surface area contributed by atoms with E-state index in [1.54, 1.807) is 31.2 Å². The fourth-order valence-electron chi connectivity index (χ4n) is 2.48. The van der Waals surface area contributed by atoms with Crippen molar-refractivity contribution in [2.45, 2.75) is 19.4 Å². The van der Waals surface area contributed by atoms with Crippen LogP contribution < -0.4 is 10.1 Å². The first kappa shape index (κ1) is 19.9. The maximum Gasteiger partial charge on any atom is 0.308 e. The molecule has 0 spiro atoms. The molecular weight excluding hydrogens is 352 g/mol. The van der Waals surface area contributed by atoms with Gasteiger partial charge in [-0.05, 0) is 30.7 Å². The summed E-state index contributed by atoms with van der Waals surface area (Å²) in [5.41, 5.74) is 0.628. The molecule has 1 atom stereocenters. The summed E-state index contributed by atoms with van der Waals surface area (Å²) in [7, 11) is 1.54. The van der Waals surface area contributed by atoms with Crippen LogP contribution in [0.2, 0.25) is 0 Å². The Kier molecular flexibility index (Phi) is 6.87. The van der Waals surface area contributed by atoms with Gasteiger partial charge in [-0.2, -0.15) is 0 Å². The van der Waals surface area contributed by atoms with Crippen molar-refractivity contribution in [1.29, 1.82) is 0 Å². The molecule has 0 saturated carbocycles. The molecule has 1 N–H and O–H groups in total. The zero-order chi connectivity index (χ0) is 19.8. The quantitative estimate of drug-likeness (QED) is 0.433. The number of ether oxygens (including phenoxy) is 2. The van der Waals surface area contributed by atoms with Gasteiger partial charge in [-0.1, -0.05) is 18.2 Å². The Bertz CT molecular complexity index is 819. The third-order valence-corrected chi connectivity index (χ3v) is 3.82. The van der Waals surface area contributed by atoms with Crippen LogP contribution in [0.4, 0.5) is 5.69 Å². The van der Waals surface area contributed by atoms with Crippen molar-refractivity contribution in [2.24, 2.45) is 0 Å². The predicted octanol–water partition coefficient (Wildman–Crippen LogP) is 3.03. The fraction of sp³-hybridized carbons (Fsp3) is 0.263. The minimum Gasteiger partial charge on any atom is -0.497 e. The highest BCUT2D eigenvalue weighted by molar-refractivity contribution is 5.95. The van der Waals surface area contributed by atoms with Crippen LogP contribution in [0.15, 0.2) is 48.5 Å². The Balaban J connectivity index is 2.24. The second-order valence-electron chi connectivity index (χ2n) is 5.62. The molecule has 0 heterocycles. The molecule has 2 rings (SSSR count). The molecule has 27 heavy (non-hydrogen) atoms. The zero-order valence-electron chi connectivity index (χ0n) is 15.0. The van der Waals surface area contributed by atoms with Gasteiger partial charge in [0.05, 0.1) is 31.1 Å². The second-order valence-corrected chi connectivity index (χ2v) is 5.62. The smallest absolute Gasteiger partial charge is 0.308 e. The Hall–Kier alpha value is -3.42. The van der Waals surface area contributed by atoms with E-state index in [4.69, 9.17) is 9.47 Å². The number of esters is 1. The van der Waals surface area contributed by atoms with Crippen molar-refractivity contribution in [1.82, 2.24) is 5.32 Å². The summed E-state index contributed by atoms with van der Waals surface area (Å²) in [4.78, 5) is 34.8. The van der Waals surface area contributed by atoms with E-state index in [1.165, 1.54) is 31.4 Å². The summed E-state index contributed by atoms with van der Waals surface area (Å²) in [6, 6.07) is 11.6. The van der Waals surface area contributed by atoms with E-state index in [0.29, 0.717) is 11.3 Å². The van der Waals surface area contributed by atoms with E-state index >= 15 is 0 Å². The molecule has 1 amide bonds. The van der Waals surface area contributed by atoms with Crippen LogP contribution in [0.1, 0.15) is 35.3 Å². The number of rotatable bonds is 8. The van der Waals surface area contributed by atoms with E-state index in [2.05, 4.69) is 5.32 Å². The second kappa shape index (κ2) is 9.33. The number of nitrogens with one attached hydrogen (secondary N) is 1. The van der Waals surface area contributed by atoms with E-state index in [1.807, 2.05) is 0 Å². The van der Waals surface area contributed by atoms with E-state index in [-0.39, 0.29) is 24.3 Å². The number of amides is 1. The van der Waals surface area contributed by atoms with Crippen molar-refractivity contribution < 1.29 is 24.0 Å². The van der Waals surface area contributed by atoms with Gasteiger partial charge < -0.3 is 14.8 Å². The van der Waals surface area contributed by atoms with Crippen LogP contribution >= 0.6 is 0 Å². The van der Waals surface area contributed by atoms with Gasteiger partial charge in [-0.15, -0.1) is 0 Å². The molecule has 0 radical (unpaired) electrons. The Morgan fingerprint density at radius 2 is 1.89 bits per heavy atom. The molecule has 0 unspecified atom stereocenters. The normalized spacial score (nSPS) is 11.3. The first-order valence-electron chi connectivity index (χ1n) is 8.29. The largest absolute Gasteiger partial charge is 0.497 e. The highest BCUT2D eigenvalue weighted by Gasteiger charge is 2.21. The molecular formula is C19H20N2O6.